The van der Waals surface area contributed by atoms with Crippen molar-refractivity contribution in [1.82, 2.24) is 0 Å². The summed E-state index contributed by atoms with van der Waals surface area (Å²) in [5.74, 6) is -0.266. The SMILES string of the molecule is O=CC1CC(c2ccc(C(=O)O)cc2)C1. The monoisotopic (exact) mass is 204 g/mol. The summed E-state index contributed by atoms with van der Waals surface area (Å²) in [6.45, 7) is 0. The summed E-state index contributed by atoms with van der Waals surface area (Å²) in [5, 5.41) is 8.72. The highest BCUT2D eigenvalue weighted by Gasteiger charge is 2.29. The van der Waals surface area contributed by atoms with Crippen LogP contribution in [0, 0.1) is 5.92 Å². The number of hydrogen-bond acceptors (Lipinski definition) is 2. The van der Waals surface area contributed by atoms with Gasteiger partial charge in [0.1, 0.15) is 6.29 Å². The number of rotatable bonds is 3. The van der Waals surface area contributed by atoms with Gasteiger partial charge in [-0.25, -0.2) is 4.79 Å². The Morgan fingerprint density at radius 3 is 2.33 bits per heavy atom. The van der Waals surface area contributed by atoms with Gasteiger partial charge in [0.15, 0.2) is 0 Å². The number of carbonyl (C=O) groups excluding carboxylic acids is 1. The fraction of sp³-hybridized carbons (Fsp3) is 0.333. The molecule has 0 bridgehead atoms. The lowest BCUT2D eigenvalue weighted by Gasteiger charge is -2.31. The Morgan fingerprint density at radius 2 is 1.87 bits per heavy atom. The second-order valence-corrected chi connectivity index (χ2v) is 3.99. The van der Waals surface area contributed by atoms with Crippen molar-refractivity contribution in [1.29, 1.82) is 0 Å². The van der Waals surface area contributed by atoms with Gasteiger partial charge in [0.25, 0.3) is 0 Å². The third-order valence-electron chi connectivity index (χ3n) is 3.00. The molecule has 3 heteroatoms. The van der Waals surface area contributed by atoms with Crippen LogP contribution in [0.25, 0.3) is 0 Å². The lowest BCUT2D eigenvalue weighted by molar-refractivity contribution is -0.113. The van der Waals surface area contributed by atoms with Crippen LogP contribution >= 0.6 is 0 Å². The van der Waals surface area contributed by atoms with Gasteiger partial charge in [0.2, 0.25) is 0 Å². The number of carbonyl (C=O) groups is 2. The molecule has 15 heavy (non-hydrogen) atoms. The van der Waals surface area contributed by atoms with E-state index in [0.717, 1.165) is 24.7 Å². The van der Waals surface area contributed by atoms with E-state index in [9.17, 15) is 9.59 Å². The van der Waals surface area contributed by atoms with E-state index < -0.39 is 5.97 Å². The molecule has 0 amide bonds. The number of carboxylic acids is 1. The molecule has 1 aromatic carbocycles. The van der Waals surface area contributed by atoms with Crippen LogP contribution in [0.2, 0.25) is 0 Å². The number of aldehydes is 1. The van der Waals surface area contributed by atoms with Gasteiger partial charge in [-0.1, -0.05) is 12.1 Å². The molecule has 0 spiro atoms. The molecule has 1 aliphatic carbocycles. The zero-order chi connectivity index (χ0) is 10.8. The molecule has 0 unspecified atom stereocenters. The van der Waals surface area contributed by atoms with E-state index in [1.165, 1.54) is 0 Å². The second kappa shape index (κ2) is 3.85. The van der Waals surface area contributed by atoms with Gasteiger partial charge in [-0.05, 0) is 36.5 Å². The van der Waals surface area contributed by atoms with Gasteiger partial charge in [0, 0.05) is 5.92 Å². The van der Waals surface area contributed by atoms with Crippen LogP contribution in [-0.2, 0) is 4.79 Å². The maximum atomic E-state index is 10.6. The van der Waals surface area contributed by atoms with Crippen LogP contribution in [-0.4, -0.2) is 17.4 Å². The molecule has 1 aromatic rings. The van der Waals surface area contributed by atoms with Crippen molar-refractivity contribution in [2.24, 2.45) is 5.92 Å². The van der Waals surface area contributed by atoms with E-state index in [-0.39, 0.29) is 5.92 Å². The van der Waals surface area contributed by atoms with Crippen LogP contribution in [0.5, 0.6) is 0 Å². The van der Waals surface area contributed by atoms with Crippen molar-refractivity contribution in [2.45, 2.75) is 18.8 Å². The fourth-order valence-electron chi connectivity index (χ4n) is 1.94. The van der Waals surface area contributed by atoms with Gasteiger partial charge in [0.05, 0.1) is 5.56 Å². The predicted octanol–water partition coefficient (Wildman–Crippen LogP) is 2.08. The molecular weight excluding hydrogens is 192 g/mol. The second-order valence-electron chi connectivity index (χ2n) is 3.99. The Morgan fingerprint density at radius 1 is 1.27 bits per heavy atom. The van der Waals surface area contributed by atoms with E-state index in [1.807, 2.05) is 12.1 Å². The van der Waals surface area contributed by atoms with Gasteiger partial charge in [-0.3, -0.25) is 0 Å². The highest BCUT2D eigenvalue weighted by Crippen LogP contribution is 2.40. The summed E-state index contributed by atoms with van der Waals surface area (Å²) in [5.41, 5.74) is 1.45. The van der Waals surface area contributed by atoms with Crippen LogP contribution in [0.4, 0.5) is 0 Å². The Balaban J connectivity index is 2.05. The minimum atomic E-state index is -0.902. The van der Waals surface area contributed by atoms with E-state index in [0.29, 0.717) is 11.5 Å². The molecule has 0 radical (unpaired) electrons. The van der Waals surface area contributed by atoms with Gasteiger partial charge >= 0.3 is 5.97 Å². The van der Waals surface area contributed by atoms with Crippen LogP contribution in [0.15, 0.2) is 24.3 Å². The van der Waals surface area contributed by atoms with Crippen molar-refractivity contribution in [3.63, 3.8) is 0 Å². The topological polar surface area (TPSA) is 54.4 Å². The Hall–Kier alpha value is -1.64. The molecule has 1 saturated carbocycles. The standard InChI is InChI=1S/C12H12O3/c13-7-8-5-11(6-8)9-1-3-10(4-2-9)12(14)15/h1-4,7-8,11H,5-6H2,(H,14,15). The minimum absolute atomic E-state index is 0.203. The first-order chi connectivity index (χ1) is 7.20. The molecule has 0 aromatic heterocycles. The molecule has 1 N–H and O–H groups in total. The molecule has 1 fully saturated rings. The van der Waals surface area contributed by atoms with Crippen molar-refractivity contribution in [2.75, 3.05) is 0 Å². The van der Waals surface area contributed by atoms with Gasteiger partial charge < -0.3 is 9.90 Å². The summed E-state index contributed by atoms with van der Waals surface area (Å²) in [7, 11) is 0. The average molecular weight is 204 g/mol. The first-order valence-corrected chi connectivity index (χ1v) is 4.99. The number of hydrogen-bond donors (Lipinski definition) is 1. The van der Waals surface area contributed by atoms with E-state index in [4.69, 9.17) is 5.11 Å². The first kappa shape index (κ1) is 9.90. The van der Waals surface area contributed by atoms with E-state index >= 15 is 0 Å². The van der Waals surface area contributed by atoms with E-state index in [2.05, 4.69) is 0 Å². The molecule has 0 heterocycles. The smallest absolute Gasteiger partial charge is 0.335 e. The van der Waals surface area contributed by atoms with Crippen LogP contribution in [0.3, 0.4) is 0 Å². The van der Waals surface area contributed by atoms with Crippen molar-refractivity contribution < 1.29 is 14.7 Å². The molecule has 0 aliphatic heterocycles. The number of carboxylic acid groups (broad SMARTS) is 1. The van der Waals surface area contributed by atoms with Crippen molar-refractivity contribution >= 4 is 12.3 Å². The maximum Gasteiger partial charge on any atom is 0.335 e. The molecule has 0 saturated heterocycles. The molecule has 78 valence electrons. The Labute approximate surface area is 87.7 Å². The van der Waals surface area contributed by atoms with Gasteiger partial charge in [-0.2, -0.15) is 0 Å². The molecule has 1 aliphatic rings. The zero-order valence-electron chi connectivity index (χ0n) is 8.22. The first-order valence-electron chi connectivity index (χ1n) is 4.99. The summed E-state index contributed by atoms with van der Waals surface area (Å²) in [4.78, 5) is 21.0. The fourth-order valence-corrected chi connectivity index (χ4v) is 1.94. The molecule has 3 nitrogen and oxygen atoms in total. The maximum absolute atomic E-state index is 10.6. The van der Waals surface area contributed by atoms with Crippen molar-refractivity contribution in [3.05, 3.63) is 35.4 Å². The summed E-state index contributed by atoms with van der Waals surface area (Å²) < 4.78 is 0. The summed E-state index contributed by atoms with van der Waals surface area (Å²) in [6.07, 6.45) is 2.80. The highest BCUT2D eigenvalue weighted by atomic mass is 16.4. The predicted molar refractivity (Wildman–Crippen MR) is 54.9 cm³/mol. The molecular formula is C12H12O3. The summed E-state index contributed by atoms with van der Waals surface area (Å²) in [6, 6.07) is 6.92. The van der Waals surface area contributed by atoms with Crippen molar-refractivity contribution in [3.8, 4) is 0 Å². The molecule has 0 atom stereocenters. The highest BCUT2D eigenvalue weighted by molar-refractivity contribution is 5.87. The van der Waals surface area contributed by atoms with Gasteiger partial charge in [-0.15, -0.1) is 0 Å². The average Bonchev–Trinajstić information content (AvgIpc) is 2.17. The quantitative estimate of drug-likeness (QED) is 0.767. The Kier molecular flexibility index (Phi) is 2.54. The largest absolute Gasteiger partial charge is 0.478 e. The third-order valence-corrected chi connectivity index (χ3v) is 3.00. The lowest BCUT2D eigenvalue weighted by Crippen LogP contribution is -2.22. The Bertz CT molecular complexity index is 374. The number of aromatic carboxylic acids is 1. The van der Waals surface area contributed by atoms with E-state index in [1.54, 1.807) is 12.1 Å². The third kappa shape index (κ3) is 1.91. The van der Waals surface area contributed by atoms with Crippen LogP contribution < -0.4 is 0 Å². The minimum Gasteiger partial charge on any atom is -0.478 e. The number of benzene rings is 1. The van der Waals surface area contributed by atoms with Crippen LogP contribution in [0.1, 0.15) is 34.7 Å². The molecule has 2 rings (SSSR count). The summed E-state index contributed by atoms with van der Waals surface area (Å²) >= 11 is 0. The lowest BCUT2D eigenvalue weighted by atomic mass is 9.72. The zero-order valence-corrected chi connectivity index (χ0v) is 8.22. The normalized spacial score (nSPS) is 24.3.